The maximum absolute atomic E-state index is 13.9. The first-order chi connectivity index (χ1) is 14.3. The Labute approximate surface area is 171 Å². The van der Waals surface area contributed by atoms with E-state index in [1.54, 1.807) is 17.8 Å². The third-order valence-corrected chi connectivity index (χ3v) is 4.92. The SMILES string of the molecule is CC(=O)C1=C(C)NC(=O)NC1c1cn(-c2ccccc2)nc1-c1ccc(F)c(F)c1. The summed E-state index contributed by atoms with van der Waals surface area (Å²) in [6, 6.07) is 11.4. The Bertz CT molecular complexity index is 1190. The van der Waals surface area contributed by atoms with Crippen LogP contribution in [0.1, 0.15) is 25.5 Å². The Morgan fingerprint density at radius 3 is 2.50 bits per heavy atom. The zero-order chi connectivity index (χ0) is 21.4. The summed E-state index contributed by atoms with van der Waals surface area (Å²) < 4.78 is 29.0. The monoisotopic (exact) mass is 408 g/mol. The third-order valence-electron chi connectivity index (χ3n) is 4.92. The summed E-state index contributed by atoms with van der Waals surface area (Å²) in [5.41, 5.74) is 2.68. The van der Waals surface area contributed by atoms with Gasteiger partial charge >= 0.3 is 6.03 Å². The second-order valence-electron chi connectivity index (χ2n) is 6.97. The van der Waals surface area contributed by atoms with Crippen molar-refractivity contribution < 1.29 is 18.4 Å². The van der Waals surface area contributed by atoms with Gasteiger partial charge in [-0.05, 0) is 44.2 Å². The largest absolute Gasteiger partial charge is 0.327 e. The summed E-state index contributed by atoms with van der Waals surface area (Å²) in [5, 5.41) is 9.90. The topological polar surface area (TPSA) is 76.0 Å². The van der Waals surface area contributed by atoms with Crippen molar-refractivity contribution in [2.75, 3.05) is 0 Å². The Balaban J connectivity index is 1.94. The van der Waals surface area contributed by atoms with Gasteiger partial charge in [0.15, 0.2) is 17.4 Å². The predicted molar refractivity (Wildman–Crippen MR) is 107 cm³/mol. The fourth-order valence-corrected chi connectivity index (χ4v) is 3.57. The fourth-order valence-electron chi connectivity index (χ4n) is 3.57. The van der Waals surface area contributed by atoms with Gasteiger partial charge in [-0.15, -0.1) is 0 Å². The van der Waals surface area contributed by atoms with Crippen LogP contribution < -0.4 is 10.6 Å². The zero-order valence-electron chi connectivity index (χ0n) is 16.2. The van der Waals surface area contributed by atoms with Gasteiger partial charge in [-0.25, -0.2) is 18.3 Å². The average Bonchev–Trinajstić information content (AvgIpc) is 3.15. The molecule has 0 saturated carbocycles. The van der Waals surface area contributed by atoms with Crippen LogP contribution in [-0.2, 0) is 4.79 Å². The molecule has 152 valence electrons. The van der Waals surface area contributed by atoms with Gasteiger partial charge in [0.05, 0.1) is 17.4 Å². The highest BCUT2D eigenvalue weighted by Gasteiger charge is 2.32. The van der Waals surface area contributed by atoms with Gasteiger partial charge in [0.25, 0.3) is 0 Å². The van der Waals surface area contributed by atoms with Gasteiger partial charge in [0.2, 0.25) is 0 Å². The van der Waals surface area contributed by atoms with E-state index >= 15 is 0 Å². The number of benzene rings is 2. The van der Waals surface area contributed by atoms with Gasteiger partial charge in [0.1, 0.15) is 0 Å². The maximum Gasteiger partial charge on any atom is 0.319 e. The van der Waals surface area contributed by atoms with Crippen molar-refractivity contribution in [3.63, 3.8) is 0 Å². The van der Waals surface area contributed by atoms with E-state index in [1.807, 2.05) is 30.3 Å². The number of allylic oxidation sites excluding steroid dienone is 1. The lowest BCUT2D eigenvalue weighted by Crippen LogP contribution is -2.44. The normalized spacial score (nSPS) is 16.3. The Morgan fingerprint density at radius 1 is 1.10 bits per heavy atom. The molecule has 30 heavy (non-hydrogen) atoms. The number of para-hydroxylation sites is 1. The van der Waals surface area contributed by atoms with Crippen LogP contribution >= 0.6 is 0 Å². The maximum atomic E-state index is 13.9. The number of Topliss-reactive ketones (excluding diaryl/α,β-unsaturated/α-hetero) is 1. The summed E-state index contributed by atoms with van der Waals surface area (Å²) >= 11 is 0. The second kappa shape index (κ2) is 7.55. The van der Waals surface area contributed by atoms with E-state index in [1.165, 1.54) is 13.0 Å². The van der Waals surface area contributed by atoms with Crippen LogP contribution in [0.3, 0.4) is 0 Å². The lowest BCUT2D eigenvalue weighted by Gasteiger charge is -2.27. The van der Waals surface area contributed by atoms with Crippen molar-refractivity contribution in [2.24, 2.45) is 0 Å². The molecule has 4 rings (SSSR count). The molecule has 2 amide bonds. The molecule has 1 aromatic heterocycles. The highest BCUT2D eigenvalue weighted by molar-refractivity contribution is 5.98. The highest BCUT2D eigenvalue weighted by Crippen LogP contribution is 2.35. The van der Waals surface area contributed by atoms with Crippen molar-refractivity contribution in [1.82, 2.24) is 20.4 Å². The van der Waals surface area contributed by atoms with Crippen LogP contribution in [0.25, 0.3) is 16.9 Å². The van der Waals surface area contributed by atoms with Crippen LogP contribution in [-0.4, -0.2) is 21.6 Å². The minimum atomic E-state index is -1.01. The van der Waals surface area contributed by atoms with Gasteiger partial charge in [-0.3, -0.25) is 4.79 Å². The quantitative estimate of drug-likeness (QED) is 0.684. The molecule has 1 aliphatic heterocycles. The molecule has 2 N–H and O–H groups in total. The van der Waals surface area contributed by atoms with Crippen LogP contribution in [0.2, 0.25) is 0 Å². The van der Waals surface area contributed by atoms with Crippen molar-refractivity contribution in [3.8, 4) is 16.9 Å². The van der Waals surface area contributed by atoms with Crippen molar-refractivity contribution in [3.05, 3.63) is 83.2 Å². The zero-order valence-corrected chi connectivity index (χ0v) is 16.2. The number of carbonyl (C=O) groups excluding carboxylic acids is 2. The predicted octanol–water partition coefficient (Wildman–Crippen LogP) is 4.03. The molecule has 1 aliphatic rings. The molecule has 0 radical (unpaired) electrons. The number of hydrogen-bond acceptors (Lipinski definition) is 3. The number of amides is 2. The van der Waals surface area contributed by atoms with Gasteiger partial charge in [-0.2, -0.15) is 5.10 Å². The number of carbonyl (C=O) groups is 2. The number of rotatable bonds is 4. The Hall–Kier alpha value is -3.81. The molecular formula is C22H18F2N4O2. The van der Waals surface area contributed by atoms with Gasteiger partial charge in [0, 0.05) is 28.6 Å². The number of halogens is 2. The number of hydrogen-bond donors (Lipinski definition) is 2. The van der Waals surface area contributed by atoms with E-state index < -0.39 is 23.7 Å². The van der Waals surface area contributed by atoms with E-state index in [4.69, 9.17) is 0 Å². The molecule has 0 spiro atoms. The van der Waals surface area contributed by atoms with E-state index in [0.717, 1.165) is 17.8 Å². The van der Waals surface area contributed by atoms with Crippen LogP contribution in [0.5, 0.6) is 0 Å². The lowest BCUT2D eigenvalue weighted by atomic mass is 9.91. The summed E-state index contributed by atoms with van der Waals surface area (Å²) in [4.78, 5) is 24.5. The van der Waals surface area contributed by atoms with Crippen molar-refractivity contribution in [1.29, 1.82) is 0 Å². The first-order valence-electron chi connectivity index (χ1n) is 9.25. The van der Waals surface area contributed by atoms with Crippen molar-refractivity contribution in [2.45, 2.75) is 19.9 Å². The van der Waals surface area contributed by atoms with Gasteiger partial charge in [-0.1, -0.05) is 18.2 Å². The summed E-state index contributed by atoms with van der Waals surface area (Å²) in [7, 11) is 0. The standard InChI is InChI=1S/C22H18F2N4O2/c1-12-19(13(2)29)21(26-22(30)25-12)16-11-28(15-6-4-3-5-7-15)27-20(16)14-8-9-17(23)18(24)10-14/h3-11,21H,1-2H3,(H2,25,26,30). The minimum absolute atomic E-state index is 0.228. The molecule has 1 atom stereocenters. The summed E-state index contributed by atoms with van der Waals surface area (Å²) in [5.74, 6) is -2.22. The lowest BCUT2D eigenvalue weighted by molar-refractivity contribution is -0.114. The molecular weight excluding hydrogens is 390 g/mol. The van der Waals surface area contributed by atoms with Gasteiger partial charge < -0.3 is 10.6 Å². The molecule has 1 unspecified atom stereocenters. The number of ketones is 1. The average molecular weight is 408 g/mol. The first kappa shape index (κ1) is 19.5. The molecule has 6 nitrogen and oxygen atoms in total. The Kier molecular flexibility index (Phi) is 4.91. The van der Waals surface area contributed by atoms with Crippen LogP contribution in [0, 0.1) is 11.6 Å². The van der Waals surface area contributed by atoms with E-state index in [-0.39, 0.29) is 5.78 Å². The molecule has 2 heterocycles. The number of nitrogens with zero attached hydrogens (tertiary/aromatic N) is 2. The molecule has 3 aromatic rings. The van der Waals surface area contributed by atoms with Crippen LogP contribution in [0.15, 0.2) is 66.0 Å². The smallest absolute Gasteiger partial charge is 0.319 e. The first-order valence-corrected chi connectivity index (χ1v) is 9.25. The molecule has 8 heteroatoms. The second-order valence-corrected chi connectivity index (χ2v) is 6.97. The van der Waals surface area contributed by atoms with Crippen molar-refractivity contribution >= 4 is 11.8 Å². The fraction of sp³-hybridized carbons (Fsp3) is 0.136. The molecule has 0 fully saturated rings. The molecule has 2 aromatic carbocycles. The van der Waals surface area contributed by atoms with E-state index in [9.17, 15) is 18.4 Å². The van der Waals surface area contributed by atoms with E-state index in [2.05, 4.69) is 15.7 Å². The summed E-state index contributed by atoms with van der Waals surface area (Å²) in [6.07, 6.45) is 1.68. The van der Waals surface area contributed by atoms with Crippen LogP contribution in [0.4, 0.5) is 13.6 Å². The molecule has 0 saturated heterocycles. The summed E-state index contributed by atoms with van der Waals surface area (Å²) in [6.45, 7) is 3.05. The third kappa shape index (κ3) is 3.47. The number of aromatic nitrogens is 2. The minimum Gasteiger partial charge on any atom is -0.327 e. The molecule has 0 bridgehead atoms. The Morgan fingerprint density at radius 2 is 1.83 bits per heavy atom. The molecule has 0 aliphatic carbocycles. The number of urea groups is 1. The number of nitrogens with one attached hydrogen (secondary N) is 2. The highest BCUT2D eigenvalue weighted by atomic mass is 19.2. The van der Waals surface area contributed by atoms with E-state index in [0.29, 0.717) is 28.1 Å².